The molecule has 21 heavy (non-hydrogen) atoms. The molecule has 5 nitrogen and oxygen atoms in total. The van der Waals surface area contributed by atoms with Gasteiger partial charge in [-0.3, -0.25) is 9.59 Å². The number of likely N-dealkylation sites (tertiary alicyclic amines) is 1. The Kier molecular flexibility index (Phi) is 4.98. The first-order valence-electron chi connectivity index (χ1n) is 7.06. The molecule has 0 spiro atoms. The third-order valence-electron chi connectivity index (χ3n) is 3.35. The second kappa shape index (κ2) is 6.92. The van der Waals surface area contributed by atoms with Crippen LogP contribution in [0, 0.1) is 5.92 Å². The van der Waals surface area contributed by atoms with Gasteiger partial charge in [0.25, 0.3) is 0 Å². The Labute approximate surface area is 124 Å². The van der Waals surface area contributed by atoms with Crippen molar-refractivity contribution in [3.8, 4) is 5.75 Å². The fraction of sp³-hybridized carbons (Fsp3) is 0.375. The zero-order valence-electron chi connectivity index (χ0n) is 12.2. The van der Waals surface area contributed by atoms with E-state index < -0.39 is 0 Å². The molecule has 1 fully saturated rings. The molecule has 1 heterocycles. The molecular weight excluding hydrogens is 268 g/mol. The van der Waals surface area contributed by atoms with Crippen molar-refractivity contribution in [1.82, 2.24) is 4.90 Å². The molecule has 2 amide bonds. The van der Waals surface area contributed by atoms with Crippen LogP contribution in [-0.2, 0) is 9.59 Å². The van der Waals surface area contributed by atoms with E-state index in [-0.39, 0.29) is 17.7 Å². The van der Waals surface area contributed by atoms with E-state index in [4.69, 9.17) is 4.74 Å². The van der Waals surface area contributed by atoms with Crippen molar-refractivity contribution >= 4 is 17.5 Å². The van der Waals surface area contributed by atoms with Crippen LogP contribution in [0.15, 0.2) is 36.9 Å². The van der Waals surface area contributed by atoms with Gasteiger partial charge in [0.1, 0.15) is 5.75 Å². The van der Waals surface area contributed by atoms with Crippen LogP contribution in [0.4, 0.5) is 5.69 Å². The fourth-order valence-electron chi connectivity index (χ4n) is 2.31. The number of amides is 2. The van der Waals surface area contributed by atoms with Gasteiger partial charge in [-0.05, 0) is 25.1 Å². The fourth-order valence-corrected chi connectivity index (χ4v) is 2.31. The summed E-state index contributed by atoms with van der Waals surface area (Å²) >= 11 is 0. The standard InChI is InChI=1S/C16H20N2O3/c1-3-16(20)18-10-12(11-18)8-15(19)17-13-6-5-7-14(9-13)21-4-2/h3,5-7,9,12H,1,4,8,10-11H2,2H3,(H,17,19). The summed E-state index contributed by atoms with van der Waals surface area (Å²) in [5.74, 6) is 0.848. The number of carbonyl (C=O) groups excluding carboxylic acids is 2. The van der Waals surface area contributed by atoms with Crippen molar-refractivity contribution in [1.29, 1.82) is 0 Å². The molecule has 1 saturated heterocycles. The lowest BCUT2D eigenvalue weighted by atomic mass is 9.96. The molecule has 0 aromatic heterocycles. The minimum absolute atomic E-state index is 0.0423. The Hall–Kier alpha value is -2.30. The SMILES string of the molecule is C=CC(=O)N1CC(CC(=O)Nc2cccc(OCC)c2)C1. The first kappa shape index (κ1) is 15.1. The summed E-state index contributed by atoms with van der Waals surface area (Å²) in [6.07, 6.45) is 1.72. The lowest BCUT2D eigenvalue weighted by molar-refractivity contribution is -0.134. The molecule has 0 unspecified atom stereocenters. The number of hydrogen-bond donors (Lipinski definition) is 1. The summed E-state index contributed by atoms with van der Waals surface area (Å²) in [5, 5.41) is 2.86. The summed E-state index contributed by atoms with van der Waals surface area (Å²) in [7, 11) is 0. The van der Waals surface area contributed by atoms with E-state index >= 15 is 0 Å². The average Bonchev–Trinajstić information content (AvgIpc) is 2.42. The van der Waals surface area contributed by atoms with Gasteiger partial charge in [-0.2, -0.15) is 0 Å². The van der Waals surface area contributed by atoms with Crippen LogP contribution >= 0.6 is 0 Å². The van der Waals surface area contributed by atoms with Gasteiger partial charge in [-0.15, -0.1) is 0 Å². The Morgan fingerprint density at radius 3 is 2.90 bits per heavy atom. The topological polar surface area (TPSA) is 58.6 Å². The van der Waals surface area contributed by atoms with Gasteiger partial charge >= 0.3 is 0 Å². The predicted molar refractivity (Wildman–Crippen MR) is 81.1 cm³/mol. The van der Waals surface area contributed by atoms with Gasteiger partial charge in [-0.1, -0.05) is 12.6 Å². The van der Waals surface area contributed by atoms with Gasteiger partial charge in [0, 0.05) is 37.2 Å². The van der Waals surface area contributed by atoms with Crippen molar-refractivity contribution in [3.05, 3.63) is 36.9 Å². The second-order valence-corrected chi connectivity index (χ2v) is 5.03. The number of benzene rings is 1. The average molecular weight is 288 g/mol. The summed E-state index contributed by atoms with van der Waals surface area (Å²) in [5.41, 5.74) is 0.726. The number of nitrogens with one attached hydrogen (secondary N) is 1. The van der Waals surface area contributed by atoms with Crippen molar-refractivity contribution in [3.63, 3.8) is 0 Å². The maximum atomic E-state index is 12.0. The molecule has 0 bridgehead atoms. The highest BCUT2D eigenvalue weighted by molar-refractivity contribution is 5.92. The zero-order valence-corrected chi connectivity index (χ0v) is 12.2. The van der Waals surface area contributed by atoms with Gasteiger partial charge in [-0.25, -0.2) is 0 Å². The molecule has 1 N–H and O–H groups in total. The van der Waals surface area contributed by atoms with Crippen molar-refractivity contribution in [2.24, 2.45) is 5.92 Å². The Morgan fingerprint density at radius 2 is 2.24 bits per heavy atom. The monoisotopic (exact) mass is 288 g/mol. The van der Waals surface area contributed by atoms with Crippen molar-refractivity contribution < 1.29 is 14.3 Å². The van der Waals surface area contributed by atoms with Crippen molar-refractivity contribution in [2.45, 2.75) is 13.3 Å². The molecule has 0 radical (unpaired) electrons. The lowest BCUT2D eigenvalue weighted by Gasteiger charge is -2.38. The summed E-state index contributed by atoms with van der Waals surface area (Å²) in [4.78, 5) is 24.9. The van der Waals surface area contributed by atoms with E-state index in [0.717, 1.165) is 11.4 Å². The molecule has 1 aliphatic rings. The number of rotatable bonds is 6. The Bertz CT molecular complexity index is 536. The van der Waals surface area contributed by atoms with Gasteiger partial charge in [0.15, 0.2) is 0 Å². The molecule has 0 atom stereocenters. The number of carbonyl (C=O) groups is 2. The summed E-state index contributed by atoms with van der Waals surface area (Å²) in [6, 6.07) is 7.32. The highest BCUT2D eigenvalue weighted by Gasteiger charge is 2.30. The third kappa shape index (κ3) is 4.08. The molecule has 112 valence electrons. The summed E-state index contributed by atoms with van der Waals surface area (Å²) < 4.78 is 5.39. The minimum atomic E-state index is -0.0731. The summed E-state index contributed by atoms with van der Waals surface area (Å²) in [6.45, 7) is 7.20. The minimum Gasteiger partial charge on any atom is -0.494 e. The van der Waals surface area contributed by atoms with Crippen LogP contribution in [0.3, 0.4) is 0 Å². The van der Waals surface area contributed by atoms with Crippen LogP contribution in [0.5, 0.6) is 5.75 Å². The molecule has 0 aliphatic carbocycles. The highest BCUT2D eigenvalue weighted by atomic mass is 16.5. The molecule has 1 aromatic carbocycles. The first-order valence-corrected chi connectivity index (χ1v) is 7.06. The van der Waals surface area contributed by atoms with Crippen LogP contribution < -0.4 is 10.1 Å². The number of nitrogens with zero attached hydrogens (tertiary/aromatic N) is 1. The van der Waals surface area contributed by atoms with E-state index in [9.17, 15) is 9.59 Å². The lowest BCUT2D eigenvalue weighted by Crippen LogP contribution is -2.50. The quantitative estimate of drug-likeness (QED) is 0.815. The first-order chi connectivity index (χ1) is 10.1. The van der Waals surface area contributed by atoms with E-state index in [1.165, 1.54) is 6.08 Å². The zero-order chi connectivity index (χ0) is 15.2. The third-order valence-corrected chi connectivity index (χ3v) is 3.35. The molecular formula is C16H20N2O3. The highest BCUT2D eigenvalue weighted by Crippen LogP contribution is 2.21. The maximum absolute atomic E-state index is 12.0. The van der Waals surface area contributed by atoms with Gasteiger partial charge < -0.3 is 15.0 Å². The molecule has 5 heteroatoms. The maximum Gasteiger partial charge on any atom is 0.245 e. The smallest absolute Gasteiger partial charge is 0.245 e. The van der Waals surface area contributed by atoms with Crippen molar-refractivity contribution in [2.75, 3.05) is 25.0 Å². The van der Waals surface area contributed by atoms with Gasteiger partial charge in [0.05, 0.1) is 6.61 Å². The Balaban J connectivity index is 1.79. The van der Waals surface area contributed by atoms with Gasteiger partial charge in [0.2, 0.25) is 11.8 Å². The van der Waals surface area contributed by atoms with Crippen LogP contribution in [0.1, 0.15) is 13.3 Å². The van der Waals surface area contributed by atoms with Crippen LogP contribution in [-0.4, -0.2) is 36.4 Å². The van der Waals surface area contributed by atoms with E-state index in [1.54, 1.807) is 11.0 Å². The molecule has 1 aromatic rings. The predicted octanol–water partition coefficient (Wildman–Crippen LogP) is 2.06. The number of ether oxygens (including phenoxy) is 1. The van der Waals surface area contributed by atoms with E-state index in [0.29, 0.717) is 26.1 Å². The molecule has 2 rings (SSSR count). The Morgan fingerprint density at radius 1 is 1.48 bits per heavy atom. The number of hydrogen-bond acceptors (Lipinski definition) is 3. The van der Waals surface area contributed by atoms with Crippen LogP contribution in [0.2, 0.25) is 0 Å². The largest absolute Gasteiger partial charge is 0.494 e. The van der Waals surface area contributed by atoms with E-state index in [1.807, 2.05) is 25.1 Å². The van der Waals surface area contributed by atoms with Crippen LogP contribution in [0.25, 0.3) is 0 Å². The number of anilines is 1. The van der Waals surface area contributed by atoms with E-state index in [2.05, 4.69) is 11.9 Å². The molecule has 1 aliphatic heterocycles. The molecule has 0 saturated carbocycles. The second-order valence-electron chi connectivity index (χ2n) is 5.03. The normalized spacial score (nSPS) is 14.2.